The number of rotatable bonds is 3. The summed E-state index contributed by atoms with van der Waals surface area (Å²) in [4.78, 5) is 26.9. The zero-order valence-corrected chi connectivity index (χ0v) is 14.7. The zero-order valence-electron chi connectivity index (χ0n) is 14.7. The molecule has 1 N–H and O–H groups in total. The predicted molar refractivity (Wildman–Crippen MR) is 94.1 cm³/mol. The number of aromatic nitrogens is 1. The third-order valence-electron chi connectivity index (χ3n) is 4.97. The summed E-state index contributed by atoms with van der Waals surface area (Å²) in [5, 5.41) is 6.56. The molecule has 0 radical (unpaired) electrons. The minimum atomic E-state index is -0.121. The summed E-state index contributed by atoms with van der Waals surface area (Å²) in [5.74, 6) is 1.79. The number of ether oxygens (including phenoxy) is 1. The lowest BCUT2D eigenvalue weighted by molar-refractivity contribution is -0.121. The van der Waals surface area contributed by atoms with Gasteiger partial charge in [-0.05, 0) is 43.5 Å². The van der Waals surface area contributed by atoms with Gasteiger partial charge in [-0.25, -0.2) is 0 Å². The molecule has 7 heteroatoms. The normalized spacial score (nSPS) is 16.9. The van der Waals surface area contributed by atoms with E-state index in [1.807, 2.05) is 23.1 Å². The lowest BCUT2D eigenvalue weighted by Crippen LogP contribution is -2.41. The van der Waals surface area contributed by atoms with Gasteiger partial charge in [-0.15, -0.1) is 0 Å². The summed E-state index contributed by atoms with van der Waals surface area (Å²) in [5.41, 5.74) is 1.78. The molecule has 2 aromatic rings. The standard InChI is InChI=1S/C19H21N3O4/c1-12-10-17(21-26-12)20-18(23)13-4-7-22(8-5-13)19(24)15-2-3-16-14(11-15)6-9-25-16/h2-3,10-11,13H,4-9H2,1H3,(H,20,21,23). The second-order valence-electron chi connectivity index (χ2n) is 6.80. The Bertz CT molecular complexity index is 837. The van der Waals surface area contributed by atoms with E-state index in [1.165, 1.54) is 0 Å². The molecule has 2 aliphatic heterocycles. The summed E-state index contributed by atoms with van der Waals surface area (Å²) in [7, 11) is 0. The molecule has 1 aromatic heterocycles. The number of hydrogen-bond donors (Lipinski definition) is 1. The first-order valence-corrected chi connectivity index (χ1v) is 8.89. The zero-order chi connectivity index (χ0) is 18.1. The third-order valence-corrected chi connectivity index (χ3v) is 4.97. The molecular weight excluding hydrogens is 334 g/mol. The highest BCUT2D eigenvalue weighted by molar-refractivity contribution is 5.95. The monoisotopic (exact) mass is 355 g/mol. The number of hydrogen-bond acceptors (Lipinski definition) is 5. The SMILES string of the molecule is Cc1cc(NC(=O)C2CCN(C(=O)c3ccc4c(c3)CCO4)CC2)no1. The van der Waals surface area contributed by atoms with Crippen LogP contribution in [0.3, 0.4) is 0 Å². The lowest BCUT2D eigenvalue weighted by atomic mass is 9.95. The summed E-state index contributed by atoms with van der Waals surface area (Å²) < 4.78 is 10.4. The number of nitrogens with zero attached hydrogens (tertiary/aromatic N) is 2. The van der Waals surface area contributed by atoms with Crippen molar-refractivity contribution in [3.63, 3.8) is 0 Å². The quantitative estimate of drug-likeness (QED) is 0.914. The number of anilines is 1. The van der Waals surface area contributed by atoms with E-state index < -0.39 is 0 Å². The molecule has 0 bridgehead atoms. The van der Waals surface area contributed by atoms with Gasteiger partial charge >= 0.3 is 0 Å². The van der Waals surface area contributed by atoms with Crippen molar-refractivity contribution in [3.05, 3.63) is 41.2 Å². The highest BCUT2D eigenvalue weighted by Gasteiger charge is 2.28. The Kier molecular flexibility index (Phi) is 4.36. The smallest absolute Gasteiger partial charge is 0.253 e. The van der Waals surface area contributed by atoms with Crippen LogP contribution in [0.15, 0.2) is 28.8 Å². The molecule has 0 aliphatic carbocycles. The van der Waals surface area contributed by atoms with Gasteiger partial charge in [0.15, 0.2) is 5.82 Å². The van der Waals surface area contributed by atoms with Crippen LogP contribution in [0.25, 0.3) is 0 Å². The van der Waals surface area contributed by atoms with Crippen LogP contribution in [0.2, 0.25) is 0 Å². The van der Waals surface area contributed by atoms with E-state index in [9.17, 15) is 9.59 Å². The van der Waals surface area contributed by atoms with Crippen LogP contribution in [-0.4, -0.2) is 41.6 Å². The fraction of sp³-hybridized carbons (Fsp3) is 0.421. The first-order valence-electron chi connectivity index (χ1n) is 8.89. The molecule has 0 spiro atoms. The molecule has 1 saturated heterocycles. The van der Waals surface area contributed by atoms with Crippen molar-refractivity contribution in [2.24, 2.45) is 5.92 Å². The minimum Gasteiger partial charge on any atom is -0.493 e. The largest absolute Gasteiger partial charge is 0.493 e. The molecule has 0 atom stereocenters. The summed E-state index contributed by atoms with van der Waals surface area (Å²) in [6, 6.07) is 7.30. The number of nitrogens with one attached hydrogen (secondary N) is 1. The predicted octanol–water partition coefficient (Wildman–Crippen LogP) is 2.41. The van der Waals surface area contributed by atoms with Crippen molar-refractivity contribution >= 4 is 17.6 Å². The van der Waals surface area contributed by atoms with Gasteiger partial charge in [0.25, 0.3) is 5.91 Å². The maximum atomic E-state index is 12.7. The Morgan fingerprint density at radius 3 is 2.77 bits per heavy atom. The van der Waals surface area contributed by atoms with Gasteiger partial charge in [-0.2, -0.15) is 0 Å². The third kappa shape index (κ3) is 3.29. The molecule has 7 nitrogen and oxygen atoms in total. The van der Waals surface area contributed by atoms with Crippen molar-refractivity contribution in [3.8, 4) is 5.75 Å². The molecule has 2 aliphatic rings. The van der Waals surface area contributed by atoms with Gasteiger partial charge < -0.3 is 19.5 Å². The van der Waals surface area contributed by atoms with Crippen LogP contribution in [0.5, 0.6) is 5.75 Å². The second-order valence-corrected chi connectivity index (χ2v) is 6.80. The van der Waals surface area contributed by atoms with Crippen molar-refractivity contribution in [2.75, 3.05) is 25.0 Å². The Morgan fingerprint density at radius 1 is 1.23 bits per heavy atom. The molecule has 1 fully saturated rings. The molecule has 3 heterocycles. The molecule has 136 valence electrons. The fourth-order valence-corrected chi connectivity index (χ4v) is 3.50. The number of amides is 2. The minimum absolute atomic E-state index is 0.0192. The van der Waals surface area contributed by atoms with E-state index in [-0.39, 0.29) is 17.7 Å². The van der Waals surface area contributed by atoms with Crippen molar-refractivity contribution in [2.45, 2.75) is 26.2 Å². The highest BCUT2D eigenvalue weighted by Crippen LogP contribution is 2.27. The number of fused-ring (bicyclic) bond motifs is 1. The van der Waals surface area contributed by atoms with Crippen molar-refractivity contribution < 1.29 is 18.8 Å². The number of piperidine rings is 1. The van der Waals surface area contributed by atoms with Gasteiger partial charge in [0.2, 0.25) is 5.91 Å². The molecule has 0 unspecified atom stereocenters. The van der Waals surface area contributed by atoms with E-state index in [4.69, 9.17) is 9.26 Å². The Balaban J connectivity index is 1.34. The maximum Gasteiger partial charge on any atom is 0.253 e. The summed E-state index contributed by atoms with van der Waals surface area (Å²) in [6.07, 6.45) is 2.13. The molecular formula is C19H21N3O4. The van der Waals surface area contributed by atoms with Crippen molar-refractivity contribution in [1.29, 1.82) is 0 Å². The van der Waals surface area contributed by atoms with E-state index in [1.54, 1.807) is 13.0 Å². The van der Waals surface area contributed by atoms with Gasteiger partial charge in [0.1, 0.15) is 11.5 Å². The van der Waals surface area contributed by atoms with Crippen LogP contribution >= 0.6 is 0 Å². The van der Waals surface area contributed by atoms with Crippen molar-refractivity contribution in [1.82, 2.24) is 10.1 Å². The fourth-order valence-electron chi connectivity index (χ4n) is 3.50. The molecule has 1 aromatic carbocycles. The highest BCUT2D eigenvalue weighted by atomic mass is 16.5. The first-order chi connectivity index (χ1) is 12.6. The molecule has 26 heavy (non-hydrogen) atoms. The Hall–Kier alpha value is -2.83. The Morgan fingerprint density at radius 2 is 2.04 bits per heavy atom. The van der Waals surface area contributed by atoms with Crippen LogP contribution in [0.4, 0.5) is 5.82 Å². The summed E-state index contributed by atoms with van der Waals surface area (Å²) >= 11 is 0. The Labute approximate surface area is 151 Å². The van der Waals surface area contributed by atoms with Gasteiger partial charge in [0.05, 0.1) is 6.61 Å². The van der Waals surface area contributed by atoms with Crippen LogP contribution in [0.1, 0.15) is 34.5 Å². The van der Waals surface area contributed by atoms with E-state index in [0.29, 0.717) is 49.7 Å². The lowest BCUT2D eigenvalue weighted by Gasteiger charge is -2.31. The molecule has 4 rings (SSSR count). The van der Waals surface area contributed by atoms with Crippen LogP contribution in [-0.2, 0) is 11.2 Å². The maximum absolute atomic E-state index is 12.7. The average molecular weight is 355 g/mol. The second kappa shape index (κ2) is 6.82. The molecule has 2 amide bonds. The van der Waals surface area contributed by atoms with E-state index >= 15 is 0 Å². The molecule has 0 saturated carbocycles. The van der Waals surface area contributed by atoms with Gasteiger partial charge in [-0.1, -0.05) is 5.16 Å². The van der Waals surface area contributed by atoms with E-state index in [2.05, 4.69) is 10.5 Å². The average Bonchev–Trinajstić information content (AvgIpc) is 3.29. The number of carbonyl (C=O) groups is 2. The van der Waals surface area contributed by atoms with E-state index in [0.717, 1.165) is 17.7 Å². The van der Waals surface area contributed by atoms with Gasteiger partial charge in [0, 0.05) is 37.1 Å². The topological polar surface area (TPSA) is 84.7 Å². The number of benzene rings is 1. The van der Waals surface area contributed by atoms with Crippen LogP contribution < -0.4 is 10.1 Å². The van der Waals surface area contributed by atoms with Crippen LogP contribution in [0, 0.1) is 12.8 Å². The van der Waals surface area contributed by atoms with Gasteiger partial charge in [-0.3, -0.25) is 9.59 Å². The number of likely N-dealkylation sites (tertiary alicyclic amines) is 1. The number of aryl methyl sites for hydroxylation is 1. The first kappa shape index (κ1) is 16.6. The summed E-state index contributed by atoms with van der Waals surface area (Å²) in [6.45, 7) is 3.60. The number of carbonyl (C=O) groups excluding carboxylic acids is 2.